The van der Waals surface area contributed by atoms with Crippen LogP contribution < -0.4 is 0 Å². The lowest BCUT2D eigenvalue weighted by Gasteiger charge is -2.01. The van der Waals surface area contributed by atoms with Gasteiger partial charge in [0.1, 0.15) is 5.75 Å². The Kier molecular flexibility index (Phi) is 3.68. The number of hydrogen-bond acceptors (Lipinski definition) is 3. The molecule has 1 N–H and O–H groups in total. The third-order valence-corrected chi connectivity index (χ3v) is 2.24. The first-order valence-corrected chi connectivity index (χ1v) is 4.76. The Hall–Kier alpha value is -1.55. The number of rotatable bonds is 3. The molecule has 1 rings (SSSR count). The molecule has 0 atom stereocenters. The average molecular weight is 228 g/mol. The lowest BCUT2D eigenvalue weighted by atomic mass is 10.1. The molecule has 0 aliphatic rings. The van der Waals surface area contributed by atoms with Crippen molar-refractivity contribution in [3.05, 3.63) is 44.6 Å². The van der Waals surface area contributed by atoms with E-state index < -0.39 is 4.92 Å². The summed E-state index contributed by atoms with van der Waals surface area (Å²) < 4.78 is 0. The first kappa shape index (κ1) is 11.5. The predicted molar refractivity (Wildman–Crippen MR) is 58.4 cm³/mol. The van der Waals surface area contributed by atoms with E-state index in [1.807, 2.05) is 0 Å². The van der Waals surface area contributed by atoms with Gasteiger partial charge in [0, 0.05) is 18.1 Å². The van der Waals surface area contributed by atoms with E-state index in [-0.39, 0.29) is 16.5 Å². The van der Waals surface area contributed by atoms with Crippen molar-refractivity contribution < 1.29 is 10.0 Å². The van der Waals surface area contributed by atoms with Gasteiger partial charge in [0.25, 0.3) is 0 Å². The van der Waals surface area contributed by atoms with E-state index >= 15 is 0 Å². The molecule has 80 valence electrons. The van der Waals surface area contributed by atoms with Crippen LogP contribution in [0.3, 0.4) is 0 Å². The van der Waals surface area contributed by atoms with Crippen LogP contribution in [0, 0.1) is 10.1 Å². The van der Waals surface area contributed by atoms with Crippen LogP contribution in [0.2, 0.25) is 5.02 Å². The van der Waals surface area contributed by atoms with Gasteiger partial charge < -0.3 is 5.11 Å². The Labute approximate surface area is 92.0 Å². The number of nitrogens with zero attached hydrogens (tertiary/aromatic N) is 1. The van der Waals surface area contributed by atoms with Gasteiger partial charge in [-0.2, -0.15) is 0 Å². The van der Waals surface area contributed by atoms with Crippen molar-refractivity contribution in [1.29, 1.82) is 0 Å². The van der Waals surface area contributed by atoms with Gasteiger partial charge in [0.05, 0.1) is 9.95 Å². The van der Waals surface area contributed by atoms with Crippen LogP contribution in [0.5, 0.6) is 5.75 Å². The lowest BCUT2D eigenvalue weighted by Crippen LogP contribution is -1.96. The normalized spacial score (nSPS) is 11.5. The summed E-state index contributed by atoms with van der Waals surface area (Å²) in [4.78, 5) is 10.1. The van der Waals surface area contributed by atoms with E-state index in [4.69, 9.17) is 11.6 Å². The SMILES string of the molecule is CCC(=Cc1cccc(Cl)c1O)[N+](=O)[O-]. The van der Waals surface area contributed by atoms with E-state index in [2.05, 4.69) is 0 Å². The zero-order valence-electron chi connectivity index (χ0n) is 8.11. The fourth-order valence-electron chi connectivity index (χ4n) is 1.11. The zero-order valence-corrected chi connectivity index (χ0v) is 8.86. The van der Waals surface area contributed by atoms with Gasteiger partial charge in [0.2, 0.25) is 5.70 Å². The lowest BCUT2D eigenvalue weighted by molar-refractivity contribution is -0.425. The van der Waals surface area contributed by atoms with Crippen molar-refractivity contribution in [3.8, 4) is 5.75 Å². The van der Waals surface area contributed by atoms with Gasteiger partial charge in [0.15, 0.2) is 0 Å². The second-order valence-electron chi connectivity index (χ2n) is 2.92. The van der Waals surface area contributed by atoms with Crippen LogP contribution >= 0.6 is 11.6 Å². The minimum Gasteiger partial charge on any atom is -0.506 e. The number of phenols is 1. The second-order valence-corrected chi connectivity index (χ2v) is 3.33. The Morgan fingerprint density at radius 3 is 2.87 bits per heavy atom. The summed E-state index contributed by atoms with van der Waals surface area (Å²) in [6, 6.07) is 4.72. The summed E-state index contributed by atoms with van der Waals surface area (Å²) in [5.74, 6) is -0.132. The first-order chi connectivity index (χ1) is 7.06. The van der Waals surface area contributed by atoms with Crippen LogP contribution in [0.4, 0.5) is 0 Å². The molecule has 1 aromatic carbocycles. The maximum absolute atomic E-state index is 10.6. The quantitative estimate of drug-likeness (QED) is 0.638. The molecule has 0 saturated carbocycles. The minimum absolute atomic E-state index is 0.0348. The molecule has 0 bridgehead atoms. The maximum Gasteiger partial charge on any atom is 0.246 e. The molecule has 0 saturated heterocycles. The standard InChI is InChI=1S/C10H10ClNO3/c1-2-8(12(14)15)6-7-4-3-5-9(11)10(7)13/h3-6,13H,2H2,1H3. The summed E-state index contributed by atoms with van der Waals surface area (Å²) in [5, 5.41) is 20.3. The number of benzene rings is 1. The Balaban J connectivity index is 3.17. The largest absolute Gasteiger partial charge is 0.506 e. The van der Waals surface area contributed by atoms with Crippen LogP contribution in [-0.4, -0.2) is 10.0 Å². The van der Waals surface area contributed by atoms with Gasteiger partial charge in [-0.1, -0.05) is 30.7 Å². The van der Waals surface area contributed by atoms with Crippen LogP contribution in [0.1, 0.15) is 18.9 Å². The first-order valence-electron chi connectivity index (χ1n) is 4.38. The Morgan fingerprint density at radius 2 is 2.33 bits per heavy atom. The van der Waals surface area contributed by atoms with Crippen molar-refractivity contribution in [2.75, 3.05) is 0 Å². The van der Waals surface area contributed by atoms with Gasteiger partial charge in [-0.05, 0) is 6.07 Å². The summed E-state index contributed by atoms with van der Waals surface area (Å²) >= 11 is 5.67. The van der Waals surface area contributed by atoms with Crippen molar-refractivity contribution in [2.24, 2.45) is 0 Å². The van der Waals surface area contributed by atoms with E-state index in [0.717, 1.165) is 0 Å². The number of nitro groups is 1. The van der Waals surface area contributed by atoms with Gasteiger partial charge in [-0.25, -0.2) is 0 Å². The average Bonchev–Trinajstić information content (AvgIpc) is 2.19. The van der Waals surface area contributed by atoms with E-state index in [9.17, 15) is 15.2 Å². The topological polar surface area (TPSA) is 63.4 Å². The third-order valence-electron chi connectivity index (χ3n) is 1.94. The summed E-state index contributed by atoms with van der Waals surface area (Å²) in [7, 11) is 0. The molecule has 0 radical (unpaired) electrons. The minimum atomic E-state index is -0.472. The fraction of sp³-hybridized carbons (Fsp3) is 0.200. The molecule has 0 aromatic heterocycles. The molecule has 15 heavy (non-hydrogen) atoms. The number of hydrogen-bond donors (Lipinski definition) is 1. The highest BCUT2D eigenvalue weighted by molar-refractivity contribution is 6.32. The van der Waals surface area contributed by atoms with Crippen molar-refractivity contribution in [1.82, 2.24) is 0 Å². The molecule has 0 amide bonds. The highest BCUT2D eigenvalue weighted by Crippen LogP contribution is 2.28. The molecule has 0 fully saturated rings. The van der Waals surface area contributed by atoms with Crippen LogP contribution in [-0.2, 0) is 0 Å². The maximum atomic E-state index is 10.6. The molecule has 0 aliphatic heterocycles. The molecular formula is C10H10ClNO3. The summed E-state index contributed by atoms with van der Waals surface area (Å²) in [5.41, 5.74) is 0.392. The van der Waals surface area contributed by atoms with Crippen molar-refractivity contribution in [3.63, 3.8) is 0 Å². The van der Waals surface area contributed by atoms with E-state index in [1.54, 1.807) is 19.1 Å². The second kappa shape index (κ2) is 4.79. The van der Waals surface area contributed by atoms with Crippen molar-refractivity contribution >= 4 is 17.7 Å². The highest BCUT2D eigenvalue weighted by Gasteiger charge is 2.10. The summed E-state index contributed by atoms with van der Waals surface area (Å²) in [6.07, 6.45) is 1.61. The Morgan fingerprint density at radius 1 is 1.67 bits per heavy atom. The molecule has 0 aliphatic carbocycles. The zero-order chi connectivity index (χ0) is 11.4. The van der Waals surface area contributed by atoms with Gasteiger partial charge in [-0.3, -0.25) is 10.1 Å². The highest BCUT2D eigenvalue weighted by atomic mass is 35.5. The number of allylic oxidation sites excluding steroid dienone is 1. The molecule has 0 spiro atoms. The number of aromatic hydroxyl groups is 1. The fourth-order valence-corrected chi connectivity index (χ4v) is 1.29. The molecular weight excluding hydrogens is 218 g/mol. The molecule has 0 unspecified atom stereocenters. The van der Waals surface area contributed by atoms with E-state index in [1.165, 1.54) is 12.1 Å². The summed E-state index contributed by atoms with van der Waals surface area (Å²) in [6.45, 7) is 1.68. The monoisotopic (exact) mass is 227 g/mol. The number of para-hydroxylation sites is 1. The van der Waals surface area contributed by atoms with Crippen LogP contribution in [0.25, 0.3) is 6.08 Å². The smallest absolute Gasteiger partial charge is 0.246 e. The Bertz CT molecular complexity index is 415. The van der Waals surface area contributed by atoms with E-state index in [0.29, 0.717) is 12.0 Å². The van der Waals surface area contributed by atoms with Gasteiger partial charge >= 0.3 is 0 Å². The van der Waals surface area contributed by atoms with Gasteiger partial charge in [-0.15, -0.1) is 0 Å². The van der Waals surface area contributed by atoms with Crippen molar-refractivity contribution in [2.45, 2.75) is 13.3 Å². The predicted octanol–water partition coefficient (Wildman–Crippen LogP) is 3.07. The molecule has 4 nitrogen and oxygen atoms in total. The van der Waals surface area contributed by atoms with Crippen LogP contribution in [0.15, 0.2) is 23.9 Å². The number of halogens is 1. The third kappa shape index (κ3) is 2.70. The number of phenolic OH excluding ortho intramolecular Hbond substituents is 1. The molecule has 0 heterocycles. The molecule has 1 aromatic rings. The molecule has 5 heteroatoms.